The molecule has 150 valence electrons. The first kappa shape index (κ1) is 18.9. The first-order valence-corrected chi connectivity index (χ1v) is 9.61. The van der Waals surface area contributed by atoms with Crippen LogP contribution < -0.4 is 20.1 Å². The monoisotopic (exact) mass is 393 g/mol. The van der Waals surface area contributed by atoms with Crippen LogP contribution in [0.1, 0.15) is 24.3 Å². The molecule has 2 aromatic carbocycles. The third-order valence-corrected chi connectivity index (χ3v) is 5.23. The molecular weight excluding hydrogens is 370 g/mol. The van der Waals surface area contributed by atoms with Gasteiger partial charge in [0.1, 0.15) is 0 Å². The molecular formula is C22H23N3O4. The maximum absolute atomic E-state index is 12.4. The van der Waals surface area contributed by atoms with Gasteiger partial charge in [0.15, 0.2) is 11.5 Å². The van der Waals surface area contributed by atoms with Crippen LogP contribution in [-0.4, -0.2) is 36.7 Å². The molecule has 29 heavy (non-hydrogen) atoms. The smallest absolute Gasteiger partial charge is 0.323 e. The molecule has 1 saturated heterocycles. The zero-order valence-electron chi connectivity index (χ0n) is 16.0. The lowest BCUT2D eigenvalue weighted by Gasteiger charge is -2.31. The van der Waals surface area contributed by atoms with Crippen molar-refractivity contribution < 1.29 is 19.1 Å². The molecule has 2 N–H and O–H groups in total. The van der Waals surface area contributed by atoms with Crippen LogP contribution in [0.5, 0.6) is 11.5 Å². The van der Waals surface area contributed by atoms with Crippen LogP contribution in [0.2, 0.25) is 0 Å². The van der Waals surface area contributed by atoms with E-state index in [1.807, 2.05) is 23.1 Å². The van der Waals surface area contributed by atoms with Crippen molar-refractivity contribution in [3.63, 3.8) is 0 Å². The summed E-state index contributed by atoms with van der Waals surface area (Å²) < 4.78 is 10.6. The van der Waals surface area contributed by atoms with Crippen molar-refractivity contribution in [1.82, 2.24) is 4.90 Å². The van der Waals surface area contributed by atoms with Crippen molar-refractivity contribution in [1.29, 1.82) is 0 Å². The summed E-state index contributed by atoms with van der Waals surface area (Å²) in [6, 6.07) is 12.8. The van der Waals surface area contributed by atoms with E-state index < -0.39 is 0 Å². The normalized spacial score (nSPS) is 15.7. The molecule has 2 aliphatic heterocycles. The summed E-state index contributed by atoms with van der Waals surface area (Å²) in [6.45, 7) is 5.18. The maximum atomic E-state index is 12.4. The quantitative estimate of drug-likeness (QED) is 0.771. The Hall–Kier alpha value is -3.48. The number of likely N-dealkylation sites (tertiary alicyclic amines) is 1. The predicted octanol–water partition coefficient (Wildman–Crippen LogP) is 3.95. The second-order valence-electron chi connectivity index (χ2n) is 7.08. The van der Waals surface area contributed by atoms with Crippen molar-refractivity contribution in [2.45, 2.75) is 18.8 Å². The first-order valence-electron chi connectivity index (χ1n) is 9.61. The minimum Gasteiger partial charge on any atom is -0.454 e. The number of amides is 3. The molecule has 0 atom stereocenters. The van der Waals surface area contributed by atoms with Crippen molar-refractivity contribution in [3.8, 4) is 11.5 Å². The van der Waals surface area contributed by atoms with Gasteiger partial charge in [-0.15, -0.1) is 0 Å². The van der Waals surface area contributed by atoms with E-state index in [-0.39, 0.29) is 18.7 Å². The Bertz CT molecular complexity index is 935. The van der Waals surface area contributed by atoms with Crippen LogP contribution >= 0.6 is 0 Å². The number of benzene rings is 2. The summed E-state index contributed by atoms with van der Waals surface area (Å²) in [5, 5.41) is 5.68. The number of ether oxygens (including phenoxy) is 2. The fourth-order valence-electron chi connectivity index (χ4n) is 3.70. The molecule has 0 radical (unpaired) electrons. The molecule has 7 nitrogen and oxygen atoms in total. The lowest BCUT2D eigenvalue weighted by Crippen LogP contribution is -2.36. The predicted molar refractivity (Wildman–Crippen MR) is 110 cm³/mol. The third-order valence-electron chi connectivity index (χ3n) is 5.23. The number of hydrogen-bond donors (Lipinski definition) is 2. The standard InChI is InChI=1S/C22H23N3O4/c1-2-21(26)25-10-8-15(9-11-25)16-4-3-5-17(12-16)23-22(27)24-18-6-7-19-20(13-18)29-14-28-19/h2-7,12-13,15H,1,8-11,14H2,(H2,23,24,27). The fourth-order valence-corrected chi connectivity index (χ4v) is 3.70. The summed E-state index contributed by atoms with van der Waals surface area (Å²) in [6.07, 6.45) is 3.16. The molecule has 2 aromatic rings. The number of urea groups is 1. The van der Waals surface area contributed by atoms with Gasteiger partial charge in [0.05, 0.1) is 0 Å². The van der Waals surface area contributed by atoms with Crippen molar-refractivity contribution in [3.05, 3.63) is 60.7 Å². The zero-order valence-corrected chi connectivity index (χ0v) is 16.0. The number of hydrogen-bond acceptors (Lipinski definition) is 4. The number of carbonyl (C=O) groups is 2. The Morgan fingerprint density at radius 2 is 1.72 bits per heavy atom. The number of anilines is 2. The Morgan fingerprint density at radius 3 is 2.48 bits per heavy atom. The van der Waals surface area contributed by atoms with Gasteiger partial charge in [-0.3, -0.25) is 4.79 Å². The van der Waals surface area contributed by atoms with Gasteiger partial charge in [-0.05, 0) is 54.7 Å². The molecule has 0 aromatic heterocycles. The Morgan fingerprint density at radius 1 is 1.00 bits per heavy atom. The Kier molecular flexibility index (Phi) is 5.37. The number of rotatable bonds is 4. The molecule has 2 heterocycles. The fraction of sp³-hybridized carbons (Fsp3) is 0.273. The van der Waals surface area contributed by atoms with Gasteiger partial charge in [0, 0.05) is 30.5 Å². The van der Waals surface area contributed by atoms with Crippen molar-refractivity contribution >= 4 is 23.3 Å². The van der Waals surface area contributed by atoms with Crippen LogP contribution in [0.4, 0.5) is 16.2 Å². The van der Waals surface area contributed by atoms with E-state index in [9.17, 15) is 9.59 Å². The highest BCUT2D eigenvalue weighted by atomic mass is 16.7. The zero-order chi connectivity index (χ0) is 20.2. The second-order valence-corrected chi connectivity index (χ2v) is 7.08. The number of nitrogens with one attached hydrogen (secondary N) is 2. The molecule has 0 spiro atoms. The van der Waals surface area contributed by atoms with Gasteiger partial charge >= 0.3 is 6.03 Å². The highest BCUT2D eigenvalue weighted by Gasteiger charge is 2.22. The lowest BCUT2D eigenvalue weighted by atomic mass is 9.89. The summed E-state index contributed by atoms with van der Waals surface area (Å²) in [5.74, 6) is 1.64. The minimum absolute atomic E-state index is 0.0148. The summed E-state index contributed by atoms with van der Waals surface area (Å²) in [5.41, 5.74) is 2.52. The molecule has 0 aliphatic carbocycles. The molecule has 2 aliphatic rings. The topological polar surface area (TPSA) is 79.9 Å². The number of piperidine rings is 1. The average molecular weight is 393 g/mol. The van der Waals surface area contributed by atoms with E-state index >= 15 is 0 Å². The van der Waals surface area contributed by atoms with Crippen molar-refractivity contribution in [2.24, 2.45) is 0 Å². The van der Waals surface area contributed by atoms with Crippen molar-refractivity contribution in [2.75, 3.05) is 30.5 Å². The van der Waals surface area contributed by atoms with E-state index in [1.165, 1.54) is 6.08 Å². The third kappa shape index (κ3) is 4.34. The number of nitrogens with zero attached hydrogens (tertiary/aromatic N) is 1. The van der Waals surface area contributed by atoms with E-state index in [1.54, 1.807) is 18.2 Å². The van der Waals surface area contributed by atoms with Gasteiger partial charge in [0.2, 0.25) is 12.7 Å². The molecule has 3 amide bonds. The van der Waals surface area contributed by atoms with Gasteiger partial charge in [-0.1, -0.05) is 18.7 Å². The van der Waals surface area contributed by atoms with E-state index in [0.717, 1.165) is 37.2 Å². The second kappa shape index (κ2) is 8.26. The van der Waals surface area contributed by atoms with Gasteiger partial charge in [-0.2, -0.15) is 0 Å². The molecule has 7 heteroatoms. The number of fused-ring (bicyclic) bond motifs is 1. The van der Waals surface area contributed by atoms with Crippen LogP contribution in [0, 0.1) is 0 Å². The van der Waals surface area contributed by atoms with Crippen LogP contribution in [0.15, 0.2) is 55.1 Å². The van der Waals surface area contributed by atoms with Crippen LogP contribution in [0.3, 0.4) is 0 Å². The van der Waals surface area contributed by atoms with E-state index in [0.29, 0.717) is 23.1 Å². The molecule has 0 unspecified atom stereocenters. The Labute approximate surface area is 169 Å². The lowest BCUT2D eigenvalue weighted by molar-refractivity contribution is -0.127. The summed E-state index contributed by atoms with van der Waals surface area (Å²) >= 11 is 0. The average Bonchev–Trinajstić information content (AvgIpc) is 3.21. The van der Waals surface area contributed by atoms with E-state index in [4.69, 9.17) is 9.47 Å². The largest absolute Gasteiger partial charge is 0.454 e. The van der Waals surface area contributed by atoms with Gasteiger partial charge in [0.25, 0.3) is 0 Å². The Balaban J connectivity index is 1.36. The maximum Gasteiger partial charge on any atom is 0.323 e. The number of carbonyl (C=O) groups excluding carboxylic acids is 2. The van der Waals surface area contributed by atoms with Gasteiger partial charge < -0.3 is 25.0 Å². The summed E-state index contributed by atoms with van der Waals surface area (Å²) in [4.78, 5) is 25.9. The van der Waals surface area contributed by atoms with E-state index in [2.05, 4.69) is 23.3 Å². The summed E-state index contributed by atoms with van der Waals surface area (Å²) in [7, 11) is 0. The highest BCUT2D eigenvalue weighted by Crippen LogP contribution is 2.34. The van der Waals surface area contributed by atoms with Gasteiger partial charge in [-0.25, -0.2) is 4.79 Å². The highest BCUT2D eigenvalue weighted by molar-refractivity contribution is 6.00. The SMILES string of the molecule is C=CC(=O)N1CCC(c2cccc(NC(=O)Nc3ccc4c(c3)OCO4)c2)CC1. The molecule has 0 bridgehead atoms. The molecule has 1 fully saturated rings. The van der Waals surface area contributed by atoms with Crippen LogP contribution in [-0.2, 0) is 4.79 Å². The first-order chi connectivity index (χ1) is 14.1. The minimum atomic E-state index is -0.326. The molecule has 4 rings (SSSR count). The van der Waals surface area contributed by atoms with Crippen LogP contribution in [0.25, 0.3) is 0 Å². The molecule has 0 saturated carbocycles.